The van der Waals surface area contributed by atoms with Gasteiger partial charge >= 0.3 is 7.60 Å². The molecule has 4 aromatic rings. The number of nitrogens with one attached hydrogen (secondary N) is 1. The van der Waals surface area contributed by atoms with Crippen molar-refractivity contribution in [1.29, 1.82) is 0 Å². The SMILES string of the molecule is CCOP(=O)(OCC)c1cc(NC(=O)CCc2ccc(Sc3cccc(OCc4ccccc4)c3)cc2Cl)ccc1Cl. The Kier molecular flexibility index (Phi) is 12.0. The Labute approximate surface area is 261 Å². The van der Waals surface area contributed by atoms with Crippen LogP contribution in [-0.2, 0) is 31.4 Å². The first-order chi connectivity index (χ1) is 20.3. The molecule has 0 saturated heterocycles. The van der Waals surface area contributed by atoms with E-state index in [1.807, 2.05) is 72.8 Å². The molecule has 0 aliphatic heterocycles. The van der Waals surface area contributed by atoms with Gasteiger partial charge in [-0.15, -0.1) is 0 Å². The smallest absolute Gasteiger partial charge is 0.362 e. The molecule has 1 amide bonds. The van der Waals surface area contributed by atoms with Crippen LogP contribution in [0.25, 0.3) is 0 Å². The predicted octanol–water partition coefficient (Wildman–Crippen LogP) is 9.19. The summed E-state index contributed by atoms with van der Waals surface area (Å²) >= 11 is 14.5. The summed E-state index contributed by atoms with van der Waals surface area (Å²) in [5.41, 5.74) is 2.43. The molecule has 0 bridgehead atoms. The van der Waals surface area contributed by atoms with Crippen LogP contribution < -0.4 is 15.4 Å². The Morgan fingerprint density at radius 1 is 0.833 bits per heavy atom. The molecular formula is C32H32Cl2NO5PS. The number of carbonyl (C=O) groups excluding carboxylic acids is 1. The van der Waals surface area contributed by atoms with Gasteiger partial charge in [-0.3, -0.25) is 9.36 Å². The van der Waals surface area contributed by atoms with E-state index in [1.165, 1.54) is 6.07 Å². The highest BCUT2D eigenvalue weighted by Crippen LogP contribution is 2.49. The van der Waals surface area contributed by atoms with Crippen LogP contribution in [0.5, 0.6) is 5.75 Å². The zero-order valence-corrected chi connectivity index (χ0v) is 26.6. The first-order valence-electron chi connectivity index (χ1n) is 13.5. The van der Waals surface area contributed by atoms with Crippen LogP contribution >= 0.6 is 42.6 Å². The van der Waals surface area contributed by atoms with Gasteiger partial charge in [0.05, 0.1) is 23.5 Å². The molecule has 220 valence electrons. The maximum Gasteiger partial charge on any atom is 0.362 e. The average molecular weight is 645 g/mol. The average Bonchev–Trinajstić information content (AvgIpc) is 2.97. The minimum atomic E-state index is -3.61. The van der Waals surface area contributed by atoms with Crippen LogP contribution in [0, 0.1) is 0 Å². The molecule has 0 spiro atoms. The molecule has 0 aliphatic rings. The highest BCUT2D eigenvalue weighted by atomic mass is 35.5. The van der Waals surface area contributed by atoms with Gasteiger partial charge in [0.2, 0.25) is 5.91 Å². The molecule has 6 nitrogen and oxygen atoms in total. The van der Waals surface area contributed by atoms with Gasteiger partial charge in [-0.25, -0.2) is 0 Å². The second kappa shape index (κ2) is 15.6. The lowest BCUT2D eigenvalue weighted by Gasteiger charge is -2.19. The van der Waals surface area contributed by atoms with Gasteiger partial charge in [-0.1, -0.05) is 77.4 Å². The van der Waals surface area contributed by atoms with Gasteiger partial charge in [0.15, 0.2) is 0 Å². The number of carbonyl (C=O) groups is 1. The van der Waals surface area contributed by atoms with Gasteiger partial charge in [-0.05, 0) is 79.9 Å². The molecular weight excluding hydrogens is 612 g/mol. The molecule has 1 N–H and O–H groups in total. The number of anilines is 1. The maximum absolute atomic E-state index is 13.2. The number of benzene rings is 4. The summed E-state index contributed by atoms with van der Waals surface area (Å²) in [4.78, 5) is 14.8. The van der Waals surface area contributed by atoms with E-state index in [0.717, 1.165) is 26.7 Å². The van der Waals surface area contributed by atoms with Crippen molar-refractivity contribution >= 4 is 59.5 Å². The third-order valence-electron chi connectivity index (χ3n) is 6.06. The molecule has 10 heteroatoms. The summed E-state index contributed by atoms with van der Waals surface area (Å²) in [7, 11) is -3.61. The van der Waals surface area contributed by atoms with Crippen LogP contribution in [0.1, 0.15) is 31.4 Å². The van der Waals surface area contributed by atoms with Crippen LogP contribution in [-0.4, -0.2) is 19.1 Å². The van der Waals surface area contributed by atoms with Gasteiger partial charge in [0.25, 0.3) is 0 Å². The summed E-state index contributed by atoms with van der Waals surface area (Å²) in [6.45, 7) is 4.34. The number of hydrogen-bond donors (Lipinski definition) is 1. The van der Waals surface area contributed by atoms with Crippen molar-refractivity contribution in [3.8, 4) is 5.75 Å². The second-order valence-corrected chi connectivity index (χ2v) is 13.1. The standard InChI is InChI=1S/C32H32Cl2NO5PS/c1-3-39-41(37,40-4-2)31-19-25(15-17-29(31)33)35-32(36)18-14-24-13-16-28(21-30(24)34)42-27-12-8-11-26(20-27)38-22-23-9-6-5-7-10-23/h5-13,15-17,19-21H,3-4,14,18,22H2,1-2H3,(H,35,36). The Bertz CT molecular complexity index is 1540. The van der Waals surface area contributed by atoms with Gasteiger partial charge in [-0.2, -0.15) is 0 Å². The van der Waals surface area contributed by atoms with Crippen molar-refractivity contribution in [3.05, 3.63) is 112 Å². The number of hydrogen-bond acceptors (Lipinski definition) is 6. The summed E-state index contributed by atoms with van der Waals surface area (Å²) in [5.74, 6) is 0.580. The highest BCUT2D eigenvalue weighted by Gasteiger charge is 2.30. The van der Waals surface area contributed by atoms with Crippen molar-refractivity contribution in [3.63, 3.8) is 0 Å². The second-order valence-electron chi connectivity index (χ2n) is 9.15. The lowest BCUT2D eigenvalue weighted by Crippen LogP contribution is -2.16. The summed E-state index contributed by atoms with van der Waals surface area (Å²) in [6.07, 6.45) is 0.662. The van der Waals surface area contributed by atoms with Crippen molar-refractivity contribution in [1.82, 2.24) is 0 Å². The quantitative estimate of drug-likeness (QED) is 0.138. The van der Waals surface area contributed by atoms with E-state index in [1.54, 1.807) is 37.7 Å². The highest BCUT2D eigenvalue weighted by molar-refractivity contribution is 7.99. The molecule has 0 aromatic heterocycles. The molecule has 0 radical (unpaired) electrons. The molecule has 0 aliphatic carbocycles. The summed E-state index contributed by atoms with van der Waals surface area (Å²) in [6, 6.07) is 28.5. The normalized spacial score (nSPS) is 11.3. The summed E-state index contributed by atoms with van der Waals surface area (Å²) < 4.78 is 30.0. The van der Waals surface area contributed by atoms with Crippen molar-refractivity contribution in [2.75, 3.05) is 18.5 Å². The molecule has 42 heavy (non-hydrogen) atoms. The molecule has 0 fully saturated rings. The van der Waals surface area contributed by atoms with Crippen molar-refractivity contribution < 1.29 is 23.1 Å². The van der Waals surface area contributed by atoms with Gasteiger partial charge < -0.3 is 19.1 Å². The fourth-order valence-electron chi connectivity index (χ4n) is 4.09. The van der Waals surface area contributed by atoms with Gasteiger partial charge in [0.1, 0.15) is 12.4 Å². The number of amides is 1. The maximum atomic E-state index is 13.2. The van der Waals surface area contributed by atoms with E-state index < -0.39 is 7.60 Å². The van der Waals surface area contributed by atoms with E-state index in [0.29, 0.717) is 23.7 Å². The molecule has 0 heterocycles. The van der Waals surface area contributed by atoms with Crippen LogP contribution in [0.2, 0.25) is 10.0 Å². The lowest BCUT2D eigenvalue weighted by molar-refractivity contribution is -0.116. The number of ether oxygens (including phenoxy) is 1. The van der Waals surface area contributed by atoms with E-state index >= 15 is 0 Å². The largest absolute Gasteiger partial charge is 0.489 e. The number of rotatable bonds is 14. The molecule has 0 saturated carbocycles. The van der Waals surface area contributed by atoms with Crippen LogP contribution in [0.4, 0.5) is 5.69 Å². The molecule has 0 unspecified atom stereocenters. The fourth-order valence-corrected chi connectivity index (χ4v) is 7.43. The van der Waals surface area contributed by atoms with E-state index in [9.17, 15) is 9.36 Å². The zero-order chi connectivity index (χ0) is 30.0. The third-order valence-corrected chi connectivity index (χ3v) is 10.0. The zero-order valence-electron chi connectivity index (χ0n) is 23.3. The fraction of sp³-hybridized carbons (Fsp3) is 0.219. The first kappa shape index (κ1) is 32.2. The Hall–Kier alpha value is -2.77. The molecule has 0 atom stereocenters. The van der Waals surface area contributed by atoms with E-state index in [4.69, 9.17) is 37.0 Å². The minimum absolute atomic E-state index is 0.192. The van der Waals surface area contributed by atoms with Crippen LogP contribution in [0.15, 0.2) is 101 Å². The Morgan fingerprint density at radius 3 is 2.29 bits per heavy atom. The Balaban J connectivity index is 1.33. The monoisotopic (exact) mass is 643 g/mol. The topological polar surface area (TPSA) is 73.9 Å². The molecule has 4 aromatic carbocycles. The Morgan fingerprint density at radius 2 is 1.57 bits per heavy atom. The van der Waals surface area contributed by atoms with Crippen LogP contribution in [0.3, 0.4) is 0 Å². The minimum Gasteiger partial charge on any atom is -0.489 e. The van der Waals surface area contributed by atoms with E-state index in [-0.39, 0.29) is 35.9 Å². The number of halogens is 2. The number of aryl methyl sites for hydroxylation is 1. The van der Waals surface area contributed by atoms with Crippen molar-refractivity contribution in [2.24, 2.45) is 0 Å². The third kappa shape index (κ3) is 9.11. The predicted molar refractivity (Wildman–Crippen MR) is 172 cm³/mol. The first-order valence-corrected chi connectivity index (χ1v) is 16.6. The summed E-state index contributed by atoms with van der Waals surface area (Å²) in [5, 5.41) is 3.89. The molecule has 4 rings (SSSR count). The van der Waals surface area contributed by atoms with E-state index in [2.05, 4.69) is 5.32 Å². The lowest BCUT2D eigenvalue weighted by atomic mass is 10.1. The van der Waals surface area contributed by atoms with Gasteiger partial charge in [0, 0.05) is 26.9 Å². The van der Waals surface area contributed by atoms with Crippen molar-refractivity contribution in [2.45, 2.75) is 43.1 Å².